The molecular formula is C22H26N5O5P. The minimum Gasteiger partial charge on any atom is -0.470 e. The Bertz CT molecular complexity index is 1110. The Kier molecular flexibility index (Phi) is 8.48. The van der Waals surface area contributed by atoms with E-state index in [-0.39, 0.29) is 30.1 Å². The third-order valence-electron chi connectivity index (χ3n) is 4.45. The van der Waals surface area contributed by atoms with Crippen molar-refractivity contribution in [3.63, 3.8) is 0 Å². The van der Waals surface area contributed by atoms with Crippen molar-refractivity contribution in [2.75, 3.05) is 13.1 Å². The standard InChI is InChI=1S/C22H26N5O5P/c1-14(2)21(28)24-11-10-23-15(3)20-22(27-19-7-5-4-6-18(19)26-20)31-13-16-8-9-17(12-25-16)32-33(29)30/h4-9,12,14,23,29-30H,3,10-11,13H2,1-2H3,(H,24,28). The van der Waals surface area contributed by atoms with Gasteiger partial charge in [0.15, 0.2) is 0 Å². The van der Waals surface area contributed by atoms with Crippen LogP contribution in [-0.2, 0) is 11.4 Å². The van der Waals surface area contributed by atoms with Crippen molar-refractivity contribution in [3.8, 4) is 11.6 Å². The Morgan fingerprint density at radius 3 is 2.42 bits per heavy atom. The molecule has 10 nitrogen and oxygen atoms in total. The number of fused-ring (bicyclic) bond motifs is 1. The number of carbonyl (C=O) groups excluding carboxylic acids is 1. The summed E-state index contributed by atoms with van der Waals surface area (Å²) >= 11 is 0. The van der Waals surface area contributed by atoms with Crippen molar-refractivity contribution in [1.29, 1.82) is 0 Å². The van der Waals surface area contributed by atoms with Gasteiger partial charge in [0.05, 0.1) is 28.6 Å². The smallest absolute Gasteiger partial charge is 0.391 e. The van der Waals surface area contributed by atoms with Crippen LogP contribution < -0.4 is 19.9 Å². The van der Waals surface area contributed by atoms with Gasteiger partial charge in [-0.05, 0) is 24.3 Å². The predicted molar refractivity (Wildman–Crippen MR) is 125 cm³/mol. The number of benzene rings is 1. The van der Waals surface area contributed by atoms with E-state index in [0.717, 1.165) is 0 Å². The van der Waals surface area contributed by atoms with Crippen LogP contribution in [-0.4, -0.2) is 43.7 Å². The summed E-state index contributed by atoms with van der Waals surface area (Å²) in [7, 11) is -2.50. The molecule has 0 saturated heterocycles. The lowest BCUT2D eigenvalue weighted by molar-refractivity contribution is -0.123. The molecule has 0 saturated carbocycles. The molecule has 3 rings (SSSR count). The van der Waals surface area contributed by atoms with Gasteiger partial charge in [-0.25, -0.2) is 9.97 Å². The summed E-state index contributed by atoms with van der Waals surface area (Å²) in [4.78, 5) is 43.0. The van der Waals surface area contributed by atoms with Crippen LogP contribution in [0, 0.1) is 5.92 Å². The van der Waals surface area contributed by atoms with Gasteiger partial charge in [0.2, 0.25) is 11.8 Å². The molecule has 0 aliphatic heterocycles. The van der Waals surface area contributed by atoms with Crippen LogP contribution in [0.5, 0.6) is 11.6 Å². The Labute approximate surface area is 192 Å². The fraction of sp³-hybridized carbons (Fsp3) is 0.273. The number of nitrogens with zero attached hydrogens (tertiary/aromatic N) is 3. The van der Waals surface area contributed by atoms with Gasteiger partial charge in [0.25, 0.3) is 0 Å². The van der Waals surface area contributed by atoms with E-state index in [1.807, 2.05) is 38.1 Å². The Morgan fingerprint density at radius 2 is 1.79 bits per heavy atom. The average Bonchev–Trinajstić information content (AvgIpc) is 2.80. The first kappa shape index (κ1) is 24.3. The summed E-state index contributed by atoms with van der Waals surface area (Å²) in [5.41, 5.74) is 2.91. The van der Waals surface area contributed by atoms with Crippen LogP contribution in [0.2, 0.25) is 0 Å². The zero-order valence-electron chi connectivity index (χ0n) is 18.4. The normalized spacial score (nSPS) is 11.0. The summed E-state index contributed by atoms with van der Waals surface area (Å²) in [6.45, 7) is 8.73. The van der Waals surface area contributed by atoms with Gasteiger partial charge in [-0.3, -0.25) is 9.78 Å². The maximum Gasteiger partial charge on any atom is 0.391 e. The third kappa shape index (κ3) is 7.08. The number of ether oxygens (including phenoxy) is 1. The topological polar surface area (TPSA) is 139 Å². The molecule has 1 aromatic carbocycles. The lowest BCUT2D eigenvalue weighted by atomic mass is 10.2. The number of hydrogen-bond donors (Lipinski definition) is 4. The van der Waals surface area contributed by atoms with E-state index in [1.165, 1.54) is 6.20 Å². The Hall–Kier alpha value is -3.33. The molecule has 33 heavy (non-hydrogen) atoms. The number of rotatable bonds is 11. The van der Waals surface area contributed by atoms with Gasteiger partial charge in [-0.15, -0.1) is 0 Å². The molecule has 0 radical (unpaired) electrons. The second-order valence-electron chi connectivity index (χ2n) is 7.34. The van der Waals surface area contributed by atoms with E-state index in [0.29, 0.717) is 41.2 Å². The molecule has 2 aromatic heterocycles. The highest BCUT2D eigenvalue weighted by molar-refractivity contribution is 7.39. The van der Waals surface area contributed by atoms with Crippen LogP contribution in [0.15, 0.2) is 49.2 Å². The second kappa shape index (κ2) is 11.5. The van der Waals surface area contributed by atoms with E-state index in [9.17, 15) is 4.79 Å². The number of nitrogens with one attached hydrogen (secondary N) is 2. The molecular weight excluding hydrogens is 445 g/mol. The molecule has 0 atom stereocenters. The molecule has 174 valence electrons. The zero-order valence-corrected chi connectivity index (χ0v) is 19.2. The van der Waals surface area contributed by atoms with Crippen molar-refractivity contribution >= 4 is 31.2 Å². The number of amides is 1. The highest BCUT2D eigenvalue weighted by Gasteiger charge is 2.14. The van der Waals surface area contributed by atoms with Gasteiger partial charge in [0, 0.05) is 19.0 Å². The van der Waals surface area contributed by atoms with Gasteiger partial charge in [-0.2, -0.15) is 0 Å². The SMILES string of the molecule is C=C(NCCNC(=O)C(C)C)c1nc2ccccc2nc1OCc1ccc(OP(O)O)cn1. The van der Waals surface area contributed by atoms with Gasteiger partial charge < -0.3 is 29.7 Å². The number of hydrogen-bond acceptors (Lipinski definition) is 9. The number of pyridine rings is 1. The number of para-hydroxylation sites is 2. The van der Waals surface area contributed by atoms with Crippen molar-refractivity contribution < 1.29 is 23.8 Å². The van der Waals surface area contributed by atoms with Gasteiger partial charge in [0.1, 0.15) is 18.1 Å². The highest BCUT2D eigenvalue weighted by Crippen LogP contribution is 2.28. The molecule has 0 unspecified atom stereocenters. The van der Waals surface area contributed by atoms with Crippen LogP contribution in [0.3, 0.4) is 0 Å². The molecule has 0 aliphatic carbocycles. The molecule has 0 aliphatic rings. The molecule has 3 aromatic rings. The molecule has 2 heterocycles. The lowest BCUT2D eigenvalue weighted by Crippen LogP contribution is -2.33. The van der Waals surface area contributed by atoms with E-state index in [4.69, 9.17) is 19.0 Å². The molecule has 0 spiro atoms. The summed E-state index contributed by atoms with van der Waals surface area (Å²) < 4.78 is 10.7. The summed E-state index contributed by atoms with van der Waals surface area (Å²) in [6.07, 6.45) is 1.37. The van der Waals surface area contributed by atoms with Crippen molar-refractivity contribution in [3.05, 3.63) is 60.6 Å². The molecule has 0 fully saturated rings. The Morgan fingerprint density at radius 1 is 1.09 bits per heavy atom. The van der Waals surface area contributed by atoms with Gasteiger partial charge in [-0.1, -0.05) is 32.6 Å². The van der Waals surface area contributed by atoms with E-state index >= 15 is 0 Å². The van der Waals surface area contributed by atoms with Crippen molar-refractivity contribution in [2.24, 2.45) is 5.92 Å². The summed E-state index contributed by atoms with van der Waals surface area (Å²) in [5, 5.41) is 5.99. The third-order valence-corrected chi connectivity index (χ3v) is 4.83. The zero-order chi connectivity index (χ0) is 23.8. The lowest BCUT2D eigenvalue weighted by Gasteiger charge is -2.15. The molecule has 0 bridgehead atoms. The summed E-state index contributed by atoms with van der Waals surface area (Å²) in [5.74, 6) is 0.427. The van der Waals surface area contributed by atoms with E-state index < -0.39 is 8.60 Å². The molecule has 1 amide bonds. The summed E-state index contributed by atoms with van der Waals surface area (Å²) in [6, 6.07) is 10.6. The van der Waals surface area contributed by atoms with Crippen LogP contribution >= 0.6 is 8.60 Å². The maximum atomic E-state index is 11.7. The highest BCUT2D eigenvalue weighted by atomic mass is 31.2. The van der Waals surface area contributed by atoms with Gasteiger partial charge >= 0.3 is 8.60 Å². The van der Waals surface area contributed by atoms with E-state index in [1.54, 1.807) is 12.1 Å². The van der Waals surface area contributed by atoms with Crippen LogP contribution in [0.1, 0.15) is 25.2 Å². The minimum atomic E-state index is -2.50. The Balaban J connectivity index is 1.71. The first-order valence-corrected chi connectivity index (χ1v) is 11.4. The predicted octanol–water partition coefficient (Wildman–Crippen LogP) is 2.53. The van der Waals surface area contributed by atoms with E-state index in [2.05, 4.69) is 32.2 Å². The number of aromatic nitrogens is 3. The largest absolute Gasteiger partial charge is 0.470 e. The average molecular weight is 471 g/mol. The molecule has 4 N–H and O–H groups in total. The monoisotopic (exact) mass is 471 g/mol. The first-order valence-electron chi connectivity index (χ1n) is 10.2. The maximum absolute atomic E-state index is 11.7. The van der Waals surface area contributed by atoms with Crippen molar-refractivity contribution in [1.82, 2.24) is 25.6 Å². The van der Waals surface area contributed by atoms with Crippen LogP contribution in [0.25, 0.3) is 16.7 Å². The quantitative estimate of drug-likeness (QED) is 0.245. The van der Waals surface area contributed by atoms with Crippen LogP contribution in [0.4, 0.5) is 0 Å². The first-order chi connectivity index (χ1) is 15.8. The fourth-order valence-corrected chi connectivity index (χ4v) is 3.05. The minimum absolute atomic E-state index is 0.0181. The second-order valence-corrected chi connectivity index (χ2v) is 8.02. The van der Waals surface area contributed by atoms with Crippen molar-refractivity contribution in [2.45, 2.75) is 20.5 Å². The number of carbonyl (C=O) groups is 1. The molecule has 11 heteroatoms. The fourth-order valence-electron chi connectivity index (χ4n) is 2.75.